The number of hydrogen-bond acceptors (Lipinski definition) is 4. The Morgan fingerprint density at radius 3 is 3.00 bits per heavy atom. The summed E-state index contributed by atoms with van der Waals surface area (Å²) in [5.41, 5.74) is 1.28. The summed E-state index contributed by atoms with van der Waals surface area (Å²) < 4.78 is 7.24. The molecular weight excluding hydrogens is 228 g/mol. The van der Waals surface area contributed by atoms with E-state index in [2.05, 4.69) is 39.2 Å². The van der Waals surface area contributed by atoms with Crippen molar-refractivity contribution in [3.05, 3.63) is 35.7 Å². The van der Waals surface area contributed by atoms with Crippen molar-refractivity contribution in [3.8, 4) is 0 Å². The second kappa shape index (κ2) is 6.35. The summed E-state index contributed by atoms with van der Waals surface area (Å²) in [5, 5.41) is 7.26. The molecule has 18 heavy (non-hydrogen) atoms. The van der Waals surface area contributed by atoms with E-state index in [1.165, 1.54) is 5.56 Å². The molecule has 0 aliphatic heterocycles. The van der Waals surface area contributed by atoms with Crippen molar-refractivity contribution < 1.29 is 4.52 Å². The smallest absolute Gasteiger partial charge is 0.246 e. The summed E-state index contributed by atoms with van der Waals surface area (Å²) in [5.74, 6) is 1.43. The molecule has 0 fully saturated rings. The Labute approximate surface area is 107 Å². The Morgan fingerprint density at radius 2 is 2.28 bits per heavy atom. The predicted molar refractivity (Wildman–Crippen MR) is 69.2 cm³/mol. The van der Waals surface area contributed by atoms with Crippen LogP contribution >= 0.6 is 0 Å². The van der Waals surface area contributed by atoms with E-state index >= 15 is 0 Å². The third-order valence-electron chi connectivity index (χ3n) is 2.71. The van der Waals surface area contributed by atoms with Crippen LogP contribution in [0.4, 0.5) is 0 Å². The highest BCUT2D eigenvalue weighted by atomic mass is 16.5. The van der Waals surface area contributed by atoms with Crippen LogP contribution in [-0.4, -0.2) is 21.3 Å². The molecule has 0 saturated carbocycles. The van der Waals surface area contributed by atoms with E-state index in [0.717, 1.165) is 31.8 Å². The summed E-state index contributed by atoms with van der Waals surface area (Å²) >= 11 is 0. The van der Waals surface area contributed by atoms with Gasteiger partial charge >= 0.3 is 0 Å². The maximum Gasteiger partial charge on any atom is 0.246 e. The molecule has 0 amide bonds. The SMILES string of the molecule is CCCNCc1ccn(Cc2nc(CC)no2)c1. The summed E-state index contributed by atoms with van der Waals surface area (Å²) in [6.07, 6.45) is 6.11. The van der Waals surface area contributed by atoms with Gasteiger partial charge in [-0.15, -0.1) is 0 Å². The Balaban J connectivity index is 1.89. The van der Waals surface area contributed by atoms with Gasteiger partial charge in [0.25, 0.3) is 0 Å². The highest BCUT2D eigenvalue weighted by molar-refractivity contribution is 5.10. The van der Waals surface area contributed by atoms with Gasteiger partial charge in [-0.2, -0.15) is 4.98 Å². The van der Waals surface area contributed by atoms with Crippen molar-refractivity contribution in [2.75, 3.05) is 6.54 Å². The normalized spacial score (nSPS) is 11.0. The first kappa shape index (κ1) is 12.8. The average molecular weight is 248 g/mol. The van der Waals surface area contributed by atoms with Crippen molar-refractivity contribution in [1.82, 2.24) is 20.0 Å². The summed E-state index contributed by atoms with van der Waals surface area (Å²) in [6, 6.07) is 2.11. The lowest BCUT2D eigenvalue weighted by atomic mass is 10.3. The van der Waals surface area contributed by atoms with Gasteiger partial charge in [-0.1, -0.05) is 19.0 Å². The highest BCUT2D eigenvalue weighted by Crippen LogP contribution is 2.05. The van der Waals surface area contributed by atoms with Gasteiger partial charge in [0.15, 0.2) is 5.82 Å². The van der Waals surface area contributed by atoms with Crippen molar-refractivity contribution in [2.45, 2.75) is 39.8 Å². The monoisotopic (exact) mass is 248 g/mol. The maximum absolute atomic E-state index is 5.17. The fourth-order valence-corrected chi connectivity index (χ4v) is 1.76. The second-order valence-electron chi connectivity index (χ2n) is 4.33. The molecule has 2 heterocycles. The van der Waals surface area contributed by atoms with Gasteiger partial charge in [0, 0.05) is 25.4 Å². The van der Waals surface area contributed by atoms with Crippen LogP contribution in [0, 0.1) is 0 Å². The highest BCUT2D eigenvalue weighted by Gasteiger charge is 2.05. The van der Waals surface area contributed by atoms with Gasteiger partial charge in [-0.3, -0.25) is 0 Å². The molecule has 5 nitrogen and oxygen atoms in total. The number of aromatic nitrogens is 3. The molecule has 0 spiro atoms. The zero-order valence-electron chi connectivity index (χ0n) is 11.0. The van der Waals surface area contributed by atoms with E-state index < -0.39 is 0 Å². The minimum absolute atomic E-state index is 0.640. The molecule has 2 aromatic heterocycles. The first-order chi connectivity index (χ1) is 8.81. The van der Waals surface area contributed by atoms with Crippen LogP contribution in [0.3, 0.4) is 0 Å². The van der Waals surface area contributed by atoms with E-state index in [-0.39, 0.29) is 0 Å². The number of nitrogens with zero attached hydrogens (tertiary/aromatic N) is 3. The third kappa shape index (κ3) is 3.43. The van der Waals surface area contributed by atoms with Crippen molar-refractivity contribution in [2.24, 2.45) is 0 Å². The Hall–Kier alpha value is -1.62. The summed E-state index contributed by atoms with van der Waals surface area (Å²) in [4.78, 5) is 4.29. The average Bonchev–Trinajstić information content (AvgIpc) is 3.00. The van der Waals surface area contributed by atoms with E-state index in [1.54, 1.807) is 0 Å². The van der Waals surface area contributed by atoms with Crippen molar-refractivity contribution >= 4 is 0 Å². The number of hydrogen-bond donors (Lipinski definition) is 1. The lowest BCUT2D eigenvalue weighted by Crippen LogP contribution is -2.13. The van der Waals surface area contributed by atoms with Crippen LogP contribution in [-0.2, 0) is 19.5 Å². The van der Waals surface area contributed by atoms with Crippen LogP contribution in [0.15, 0.2) is 23.0 Å². The molecule has 0 atom stereocenters. The Kier molecular flexibility index (Phi) is 4.52. The molecule has 5 heteroatoms. The van der Waals surface area contributed by atoms with Crippen LogP contribution in [0.2, 0.25) is 0 Å². The van der Waals surface area contributed by atoms with E-state index in [9.17, 15) is 0 Å². The lowest BCUT2D eigenvalue weighted by Gasteiger charge is -2.00. The molecule has 1 N–H and O–H groups in total. The Morgan fingerprint density at radius 1 is 1.39 bits per heavy atom. The third-order valence-corrected chi connectivity index (χ3v) is 2.71. The molecule has 0 radical (unpaired) electrons. The fraction of sp³-hybridized carbons (Fsp3) is 0.538. The largest absolute Gasteiger partial charge is 0.345 e. The van der Waals surface area contributed by atoms with Gasteiger partial charge in [-0.25, -0.2) is 0 Å². The molecule has 0 aliphatic rings. The minimum atomic E-state index is 0.640. The lowest BCUT2D eigenvalue weighted by molar-refractivity contribution is 0.366. The van der Waals surface area contributed by atoms with Crippen LogP contribution in [0.25, 0.3) is 0 Å². The minimum Gasteiger partial charge on any atom is -0.345 e. The zero-order chi connectivity index (χ0) is 12.8. The standard InChI is InChI=1S/C13H20N4O/c1-3-6-14-8-11-5-7-17(9-11)10-13-15-12(4-2)16-18-13/h5,7,9,14H,3-4,6,8,10H2,1-2H3. The molecule has 0 saturated heterocycles. The van der Waals surface area contributed by atoms with Gasteiger partial charge in [-0.05, 0) is 24.6 Å². The van der Waals surface area contributed by atoms with Gasteiger partial charge < -0.3 is 14.4 Å². The molecule has 2 aromatic rings. The number of rotatable bonds is 7. The molecule has 98 valence electrons. The summed E-state index contributed by atoms with van der Waals surface area (Å²) in [7, 11) is 0. The summed E-state index contributed by atoms with van der Waals surface area (Å²) in [6.45, 7) is 6.78. The van der Waals surface area contributed by atoms with Gasteiger partial charge in [0.05, 0.1) is 0 Å². The second-order valence-corrected chi connectivity index (χ2v) is 4.33. The zero-order valence-corrected chi connectivity index (χ0v) is 11.0. The molecular formula is C13H20N4O. The van der Waals surface area contributed by atoms with Gasteiger partial charge in [0.1, 0.15) is 6.54 Å². The van der Waals surface area contributed by atoms with Crippen LogP contribution in [0.5, 0.6) is 0 Å². The first-order valence-corrected chi connectivity index (χ1v) is 6.48. The van der Waals surface area contributed by atoms with Crippen molar-refractivity contribution in [1.29, 1.82) is 0 Å². The number of nitrogens with one attached hydrogen (secondary N) is 1. The quantitative estimate of drug-likeness (QED) is 0.761. The molecule has 0 aromatic carbocycles. The predicted octanol–water partition coefficient (Wildman–Crippen LogP) is 1.98. The Bertz CT molecular complexity index is 475. The fourth-order valence-electron chi connectivity index (χ4n) is 1.76. The molecule has 0 aliphatic carbocycles. The number of aryl methyl sites for hydroxylation is 1. The van der Waals surface area contributed by atoms with E-state index in [1.807, 2.05) is 13.1 Å². The van der Waals surface area contributed by atoms with Crippen LogP contribution < -0.4 is 5.32 Å². The van der Waals surface area contributed by atoms with E-state index in [0.29, 0.717) is 12.4 Å². The van der Waals surface area contributed by atoms with E-state index in [4.69, 9.17) is 4.52 Å². The topological polar surface area (TPSA) is 55.9 Å². The molecule has 0 bridgehead atoms. The van der Waals surface area contributed by atoms with Crippen molar-refractivity contribution in [3.63, 3.8) is 0 Å². The maximum atomic E-state index is 5.17. The molecule has 2 rings (SSSR count). The molecule has 0 unspecified atom stereocenters. The van der Waals surface area contributed by atoms with Crippen LogP contribution in [0.1, 0.15) is 37.5 Å². The first-order valence-electron chi connectivity index (χ1n) is 6.48. The van der Waals surface area contributed by atoms with Gasteiger partial charge in [0.2, 0.25) is 5.89 Å².